The van der Waals surface area contributed by atoms with Crippen molar-refractivity contribution in [2.45, 2.75) is 13.3 Å². The number of halogens is 1. The maximum Gasteiger partial charge on any atom is 0.191 e. The molecule has 0 aromatic heterocycles. The summed E-state index contributed by atoms with van der Waals surface area (Å²) in [5, 5.41) is 0. The average Bonchev–Trinajstić information content (AvgIpc) is 2.73. The van der Waals surface area contributed by atoms with Crippen LogP contribution in [0.2, 0.25) is 0 Å². The molecule has 1 fully saturated rings. The van der Waals surface area contributed by atoms with Gasteiger partial charge in [0.05, 0.1) is 19.8 Å². The molecular formula is C11H24IN3O2. The van der Waals surface area contributed by atoms with Gasteiger partial charge < -0.3 is 20.1 Å². The van der Waals surface area contributed by atoms with Crippen molar-refractivity contribution in [2.75, 3.05) is 46.6 Å². The number of hydrogen-bond acceptors (Lipinski definition) is 3. The third-order valence-corrected chi connectivity index (χ3v) is 2.72. The van der Waals surface area contributed by atoms with Crippen LogP contribution in [0.4, 0.5) is 0 Å². The smallest absolute Gasteiger partial charge is 0.191 e. The van der Waals surface area contributed by atoms with Crippen molar-refractivity contribution in [2.24, 2.45) is 16.6 Å². The molecule has 0 saturated carbocycles. The summed E-state index contributed by atoms with van der Waals surface area (Å²) < 4.78 is 10.4. The van der Waals surface area contributed by atoms with Gasteiger partial charge in [0.15, 0.2) is 5.96 Å². The van der Waals surface area contributed by atoms with Crippen LogP contribution < -0.4 is 5.73 Å². The molecular weight excluding hydrogens is 333 g/mol. The Morgan fingerprint density at radius 3 is 2.88 bits per heavy atom. The number of hydrogen-bond donors (Lipinski definition) is 1. The minimum Gasteiger partial charge on any atom is -0.382 e. The molecule has 0 aromatic carbocycles. The number of methoxy groups -OCH3 is 1. The van der Waals surface area contributed by atoms with Gasteiger partial charge in [-0.2, -0.15) is 0 Å². The van der Waals surface area contributed by atoms with Crippen LogP contribution in [0.1, 0.15) is 13.3 Å². The Hall–Kier alpha value is -0.0800. The number of nitrogens with zero attached hydrogens (tertiary/aromatic N) is 2. The van der Waals surface area contributed by atoms with E-state index >= 15 is 0 Å². The van der Waals surface area contributed by atoms with Gasteiger partial charge in [0, 0.05) is 32.7 Å². The highest BCUT2D eigenvalue weighted by molar-refractivity contribution is 14.0. The Morgan fingerprint density at radius 1 is 1.47 bits per heavy atom. The molecule has 0 amide bonds. The van der Waals surface area contributed by atoms with Gasteiger partial charge in [0.25, 0.3) is 0 Å². The normalized spacial score (nSPS) is 20.5. The SMILES string of the molecule is CCN=C(N)N1CCC(COCCOC)C1.I. The number of likely N-dealkylation sites (tertiary alicyclic amines) is 1. The van der Waals surface area contributed by atoms with Gasteiger partial charge >= 0.3 is 0 Å². The largest absolute Gasteiger partial charge is 0.382 e. The predicted molar refractivity (Wildman–Crippen MR) is 80.0 cm³/mol. The standard InChI is InChI=1S/C11H23N3O2.HI/c1-3-13-11(12)14-5-4-10(8-14)9-16-7-6-15-2;/h10H,3-9H2,1-2H3,(H2,12,13);1H. The van der Waals surface area contributed by atoms with Crippen molar-refractivity contribution in [3.63, 3.8) is 0 Å². The van der Waals surface area contributed by atoms with Gasteiger partial charge in [0.2, 0.25) is 0 Å². The van der Waals surface area contributed by atoms with E-state index in [1.165, 1.54) is 0 Å². The summed E-state index contributed by atoms with van der Waals surface area (Å²) >= 11 is 0. The first kappa shape index (κ1) is 16.9. The summed E-state index contributed by atoms with van der Waals surface area (Å²) in [6.07, 6.45) is 1.13. The molecule has 1 atom stereocenters. The molecule has 0 bridgehead atoms. The molecule has 2 N–H and O–H groups in total. The highest BCUT2D eigenvalue weighted by Crippen LogP contribution is 2.15. The molecule has 0 aliphatic carbocycles. The Kier molecular flexibility index (Phi) is 9.85. The van der Waals surface area contributed by atoms with E-state index in [1.807, 2.05) is 6.92 Å². The molecule has 102 valence electrons. The van der Waals surface area contributed by atoms with Gasteiger partial charge in [-0.3, -0.25) is 4.99 Å². The van der Waals surface area contributed by atoms with Crippen LogP contribution in [0, 0.1) is 5.92 Å². The molecule has 5 nitrogen and oxygen atoms in total. The fourth-order valence-electron chi connectivity index (χ4n) is 1.83. The molecule has 0 spiro atoms. The zero-order valence-electron chi connectivity index (χ0n) is 10.7. The number of aliphatic imine (C=N–C) groups is 1. The summed E-state index contributed by atoms with van der Waals surface area (Å²) in [5.74, 6) is 1.24. The van der Waals surface area contributed by atoms with Gasteiger partial charge in [0.1, 0.15) is 0 Å². The van der Waals surface area contributed by atoms with Crippen LogP contribution in [0.25, 0.3) is 0 Å². The van der Waals surface area contributed by atoms with E-state index in [4.69, 9.17) is 15.2 Å². The van der Waals surface area contributed by atoms with Crippen molar-refractivity contribution in [1.29, 1.82) is 0 Å². The van der Waals surface area contributed by atoms with E-state index in [2.05, 4.69) is 9.89 Å². The lowest BCUT2D eigenvalue weighted by molar-refractivity contribution is 0.0536. The van der Waals surface area contributed by atoms with E-state index in [0.717, 1.165) is 32.7 Å². The van der Waals surface area contributed by atoms with E-state index in [0.29, 0.717) is 25.1 Å². The van der Waals surface area contributed by atoms with E-state index in [-0.39, 0.29) is 24.0 Å². The Morgan fingerprint density at radius 2 is 2.24 bits per heavy atom. The van der Waals surface area contributed by atoms with E-state index < -0.39 is 0 Å². The minimum atomic E-state index is 0. The van der Waals surface area contributed by atoms with Gasteiger partial charge in [-0.1, -0.05) is 0 Å². The summed E-state index contributed by atoms with van der Waals surface area (Å²) in [6, 6.07) is 0. The summed E-state index contributed by atoms with van der Waals surface area (Å²) in [6.45, 7) is 6.82. The molecule has 6 heteroatoms. The second-order valence-corrected chi connectivity index (χ2v) is 4.00. The fourth-order valence-corrected chi connectivity index (χ4v) is 1.83. The molecule has 17 heavy (non-hydrogen) atoms. The topological polar surface area (TPSA) is 60.1 Å². The highest BCUT2D eigenvalue weighted by atomic mass is 127. The lowest BCUT2D eigenvalue weighted by Crippen LogP contribution is -2.36. The maximum absolute atomic E-state index is 5.84. The quantitative estimate of drug-likeness (QED) is 0.333. The van der Waals surface area contributed by atoms with Crippen LogP contribution >= 0.6 is 24.0 Å². The lowest BCUT2D eigenvalue weighted by atomic mass is 10.1. The lowest BCUT2D eigenvalue weighted by Gasteiger charge is -2.17. The third kappa shape index (κ3) is 6.42. The van der Waals surface area contributed by atoms with Crippen molar-refractivity contribution in [3.8, 4) is 0 Å². The summed E-state index contributed by atoms with van der Waals surface area (Å²) in [4.78, 5) is 6.34. The second-order valence-electron chi connectivity index (χ2n) is 4.00. The Labute approximate surface area is 121 Å². The van der Waals surface area contributed by atoms with Crippen LogP contribution in [-0.4, -0.2) is 57.4 Å². The molecule has 1 aliphatic rings. The maximum atomic E-state index is 5.84. The number of rotatable bonds is 6. The number of nitrogens with two attached hydrogens (primary N) is 1. The van der Waals surface area contributed by atoms with Crippen LogP contribution in [0.15, 0.2) is 4.99 Å². The highest BCUT2D eigenvalue weighted by Gasteiger charge is 2.23. The zero-order valence-corrected chi connectivity index (χ0v) is 13.1. The first-order valence-corrected chi connectivity index (χ1v) is 5.89. The van der Waals surface area contributed by atoms with Crippen molar-refractivity contribution in [1.82, 2.24) is 4.90 Å². The zero-order chi connectivity index (χ0) is 11.8. The second kappa shape index (κ2) is 9.90. The molecule has 1 heterocycles. The van der Waals surface area contributed by atoms with Gasteiger partial charge in [-0.15, -0.1) is 24.0 Å². The number of ether oxygens (including phenoxy) is 2. The molecule has 0 radical (unpaired) electrons. The third-order valence-electron chi connectivity index (χ3n) is 2.72. The fraction of sp³-hybridized carbons (Fsp3) is 0.909. The van der Waals surface area contributed by atoms with Crippen molar-refractivity contribution in [3.05, 3.63) is 0 Å². The van der Waals surface area contributed by atoms with Gasteiger partial charge in [-0.05, 0) is 13.3 Å². The predicted octanol–water partition coefficient (Wildman–Crippen LogP) is 0.924. The van der Waals surface area contributed by atoms with E-state index in [1.54, 1.807) is 7.11 Å². The van der Waals surface area contributed by atoms with E-state index in [9.17, 15) is 0 Å². The monoisotopic (exact) mass is 357 g/mol. The first-order chi connectivity index (χ1) is 7.77. The molecule has 1 saturated heterocycles. The van der Waals surface area contributed by atoms with Crippen LogP contribution in [-0.2, 0) is 9.47 Å². The first-order valence-electron chi connectivity index (χ1n) is 5.89. The Bertz CT molecular complexity index is 227. The molecule has 1 rings (SSSR count). The van der Waals surface area contributed by atoms with Crippen molar-refractivity contribution >= 4 is 29.9 Å². The molecule has 1 unspecified atom stereocenters. The molecule has 1 aliphatic heterocycles. The summed E-state index contributed by atoms with van der Waals surface area (Å²) in [7, 11) is 1.68. The summed E-state index contributed by atoms with van der Waals surface area (Å²) in [5.41, 5.74) is 5.84. The van der Waals surface area contributed by atoms with Crippen LogP contribution in [0.5, 0.6) is 0 Å². The van der Waals surface area contributed by atoms with Crippen LogP contribution in [0.3, 0.4) is 0 Å². The molecule has 0 aromatic rings. The Balaban J connectivity index is 0.00000256. The average molecular weight is 357 g/mol. The minimum absolute atomic E-state index is 0. The number of guanidine groups is 1. The van der Waals surface area contributed by atoms with Crippen molar-refractivity contribution < 1.29 is 9.47 Å². The van der Waals surface area contributed by atoms with Gasteiger partial charge in [-0.25, -0.2) is 0 Å².